The van der Waals surface area contributed by atoms with E-state index >= 15 is 0 Å². The van der Waals surface area contributed by atoms with E-state index < -0.39 is 5.60 Å². The van der Waals surface area contributed by atoms with Crippen LogP contribution >= 0.6 is 11.3 Å². The highest BCUT2D eigenvalue weighted by Crippen LogP contribution is 2.28. The van der Waals surface area contributed by atoms with Gasteiger partial charge in [-0.3, -0.25) is 4.79 Å². The zero-order chi connectivity index (χ0) is 11.1. The summed E-state index contributed by atoms with van der Waals surface area (Å²) in [6.45, 7) is 4.83. The topological polar surface area (TPSA) is 40.5 Å². The van der Waals surface area contributed by atoms with Gasteiger partial charge >= 0.3 is 0 Å². The van der Waals surface area contributed by atoms with Crippen LogP contribution in [0.3, 0.4) is 0 Å². The highest BCUT2D eigenvalue weighted by Gasteiger charge is 2.42. The molecule has 4 heteroatoms. The molecule has 1 fully saturated rings. The third kappa shape index (κ3) is 1.79. The van der Waals surface area contributed by atoms with Crippen molar-refractivity contribution < 1.29 is 9.90 Å². The smallest absolute Gasteiger partial charge is 0.264 e. The first-order valence-corrected chi connectivity index (χ1v) is 5.99. The fraction of sp³-hybridized carbons (Fsp3) is 0.545. The van der Waals surface area contributed by atoms with E-state index in [-0.39, 0.29) is 5.91 Å². The molecule has 0 radical (unpaired) electrons. The molecule has 82 valence electrons. The minimum atomic E-state index is -0.638. The molecule has 3 nitrogen and oxygen atoms in total. The third-order valence-electron chi connectivity index (χ3n) is 2.97. The number of aryl methyl sites for hydroxylation is 1. The van der Waals surface area contributed by atoms with Gasteiger partial charge in [0.2, 0.25) is 0 Å². The molecule has 1 aliphatic rings. The molecule has 0 spiro atoms. The molecule has 0 saturated carbocycles. The van der Waals surface area contributed by atoms with Crippen LogP contribution in [0.25, 0.3) is 0 Å². The van der Waals surface area contributed by atoms with Crippen molar-refractivity contribution in [2.75, 3.05) is 13.1 Å². The molecule has 0 unspecified atom stereocenters. The molecule has 1 aromatic rings. The van der Waals surface area contributed by atoms with E-state index in [2.05, 4.69) is 0 Å². The molecule has 1 N–H and O–H groups in total. The highest BCUT2D eigenvalue weighted by atomic mass is 32.1. The monoisotopic (exact) mass is 225 g/mol. The Labute approximate surface area is 93.3 Å². The van der Waals surface area contributed by atoms with E-state index in [9.17, 15) is 9.90 Å². The second-order valence-electron chi connectivity index (χ2n) is 4.17. The van der Waals surface area contributed by atoms with E-state index in [0.717, 1.165) is 10.4 Å². The summed E-state index contributed by atoms with van der Waals surface area (Å²) in [5, 5.41) is 11.7. The molecule has 2 rings (SSSR count). The molecule has 2 heterocycles. The molecule has 0 aromatic carbocycles. The number of carbonyl (C=O) groups is 1. The van der Waals surface area contributed by atoms with E-state index in [1.54, 1.807) is 4.90 Å². The van der Waals surface area contributed by atoms with Crippen molar-refractivity contribution in [2.45, 2.75) is 25.9 Å². The molecule has 1 saturated heterocycles. The van der Waals surface area contributed by atoms with Gasteiger partial charge in [0.25, 0.3) is 5.91 Å². The zero-order valence-corrected chi connectivity index (χ0v) is 9.80. The fourth-order valence-corrected chi connectivity index (χ4v) is 2.66. The number of β-amino-alcohol motifs (C(OH)–C–C–N with tert-alkyl or cyclic N) is 1. The van der Waals surface area contributed by atoms with Crippen LogP contribution in [0.4, 0.5) is 0 Å². The summed E-state index contributed by atoms with van der Waals surface area (Å²) >= 11 is 1.47. The lowest BCUT2D eigenvalue weighted by Crippen LogP contribution is -2.63. The number of thiophene rings is 1. The number of likely N-dealkylation sites (tertiary alicyclic amines) is 1. The maximum atomic E-state index is 11.9. The Hall–Kier alpha value is -0.870. The summed E-state index contributed by atoms with van der Waals surface area (Å²) in [4.78, 5) is 14.4. The molecule has 1 aromatic heterocycles. The maximum absolute atomic E-state index is 11.9. The van der Waals surface area contributed by atoms with Crippen molar-refractivity contribution >= 4 is 17.2 Å². The van der Waals surface area contributed by atoms with Crippen LogP contribution in [0.1, 0.15) is 28.6 Å². The lowest BCUT2D eigenvalue weighted by Gasteiger charge is -2.46. The average Bonchev–Trinajstić information content (AvgIpc) is 2.58. The van der Waals surface area contributed by atoms with E-state index in [1.807, 2.05) is 25.3 Å². The highest BCUT2D eigenvalue weighted by molar-refractivity contribution is 7.12. The molecule has 1 amide bonds. The van der Waals surface area contributed by atoms with Gasteiger partial charge in [0.05, 0.1) is 23.6 Å². The van der Waals surface area contributed by atoms with Crippen LogP contribution in [-0.4, -0.2) is 34.6 Å². The van der Waals surface area contributed by atoms with Gasteiger partial charge in [-0.1, -0.05) is 6.92 Å². The summed E-state index contributed by atoms with van der Waals surface area (Å²) < 4.78 is 0. The number of aliphatic hydroxyl groups is 1. The quantitative estimate of drug-likeness (QED) is 0.831. The van der Waals surface area contributed by atoms with Crippen LogP contribution in [0, 0.1) is 6.92 Å². The van der Waals surface area contributed by atoms with Gasteiger partial charge in [-0.05, 0) is 30.4 Å². The minimum Gasteiger partial charge on any atom is -0.386 e. The first-order chi connectivity index (χ1) is 7.06. The van der Waals surface area contributed by atoms with Crippen molar-refractivity contribution in [1.29, 1.82) is 0 Å². The number of nitrogens with zero attached hydrogens (tertiary/aromatic N) is 1. The van der Waals surface area contributed by atoms with Gasteiger partial charge in [0, 0.05) is 0 Å². The summed E-state index contributed by atoms with van der Waals surface area (Å²) in [6, 6.07) is 1.95. The average molecular weight is 225 g/mol. The maximum Gasteiger partial charge on any atom is 0.264 e. The molecule has 0 bridgehead atoms. The van der Waals surface area contributed by atoms with Crippen LogP contribution in [0.2, 0.25) is 0 Å². The first-order valence-electron chi connectivity index (χ1n) is 5.11. The standard InChI is InChI=1S/C11H15NO2S/c1-3-11(14)6-12(7-11)10(13)9-8(2)4-5-15-9/h4-5,14H,3,6-7H2,1-2H3. The van der Waals surface area contributed by atoms with Gasteiger partial charge in [-0.25, -0.2) is 0 Å². The number of carbonyl (C=O) groups excluding carboxylic acids is 1. The van der Waals surface area contributed by atoms with Crippen molar-refractivity contribution in [3.63, 3.8) is 0 Å². The van der Waals surface area contributed by atoms with Crippen molar-refractivity contribution in [2.24, 2.45) is 0 Å². The number of hydrogen-bond donors (Lipinski definition) is 1. The Bertz CT molecular complexity index is 380. The van der Waals surface area contributed by atoms with E-state index in [0.29, 0.717) is 19.5 Å². The Morgan fingerprint density at radius 1 is 1.67 bits per heavy atom. The Morgan fingerprint density at radius 2 is 2.33 bits per heavy atom. The second-order valence-corrected chi connectivity index (χ2v) is 5.09. The lowest BCUT2D eigenvalue weighted by atomic mass is 9.91. The lowest BCUT2D eigenvalue weighted by molar-refractivity contribution is -0.0825. The van der Waals surface area contributed by atoms with Crippen molar-refractivity contribution in [3.8, 4) is 0 Å². The van der Waals surface area contributed by atoms with Gasteiger partial charge in [-0.2, -0.15) is 0 Å². The predicted molar refractivity (Wildman–Crippen MR) is 60.2 cm³/mol. The van der Waals surface area contributed by atoms with Gasteiger partial charge in [0.15, 0.2) is 0 Å². The Balaban J connectivity index is 2.04. The summed E-state index contributed by atoms with van der Waals surface area (Å²) in [7, 11) is 0. The van der Waals surface area contributed by atoms with Crippen LogP contribution in [-0.2, 0) is 0 Å². The Morgan fingerprint density at radius 3 is 2.80 bits per heavy atom. The van der Waals surface area contributed by atoms with Gasteiger partial charge in [0.1, 0.15) is 0 Å². The SMILES string of the molecule is CCC1(O)CN(C(=O)c2sccc2C)C1. The number of amides is 1. The van der Waals surface area contributed by atoms with Gasteiger partial charge in [-0.15, -0.1) is 11.3 Å². The zero-order valence-electron chi connectivity index (χ0n) is 8.99. The van der Waals surface area contributed by atoms with Gasteiger partial charge < -0.3 is 10.0 Å². The summed E-state index contributed by atoms with van der Waals surface area (Å²) in [5.74, 6) is 0.0561. The summed E-state index contributed by atoms with van der Waals surface area (Å²) in [6.07, 6.45) is 0.709. The predicted octanol–water partition coefficient (Wildman–Crippen LogP) is 1.65. The van der Waals surface area contributed by atoms with Crippen molar-refractivity contribution in [1.82, 2.24) is 4.90 Å². The molecular formula is C11H15NO2S. The molecular weight excluding hydrogens is 210 g/mol. The minimum absolute atomic E-state index is 0.0561. The number of hydrogen-bond acceptors (Lipinski definition) is 3. The van der Waals surface area contributed by atoms with E-state index in [4.69, 9.17) is 0 Å². The van der Waals surface area contributed by atoms with Crippen LogP contribution in [0.15, 0.2) is 11.4 Å². The Kier molecular flexibility index (Phi) is 2.56. The second kappa shape index (κ2) is 3.61. The molecule has 15 heavy (non-hydrogen) atoms. The fourth-order valence-electron chi connectivity index (χ4n) is 1.77. The largest absolute Gasteiger partial charge is 0.386 e. The summed E-state index contributed by atoms with van der Waals surface area (Å²) in [5.41, 5.74) is 0.387. The van der Waals surface area contributed by atoms with Crippen LogP contribution < -0.4 is 0 Å². The van der Waals surface area contributed by atoms with Crippen molar-refractivity contribution in [3.05, 3.63) is 21.9 Å². The van der Waals surface area contributed by atoms with Crippen LogP contribution in [0.5, 0.6) is 0 Å². The molecule has 0 aliphatic carbocycles. The first kappa shape index (κ1) is 10.6. The molecule has 1 aliphatic heterocycles. The van der Waals surface area contributed by atoms with E-state index in [1.165, 1.54) is 11.3 Å². The third-order valence-corrected chi connectivity index (χ3v) is 3.98. The number of rotatable bonds is 2. The normalized spacial score (nSPS) is 18.7. The molecule has 0 atom stereocenters.